The van der Waals surface area contributed by atoms with Crippen molar-refractivity contribution in [3.05, 3.63) is 64.7 Å². The van der Waals surface area contributed by atoms with E-state index < -0.39 is 0 Å². The number of hydrogen-bond acceptors (Lipinski definition) is 4. The van der Waals surface area contributed by atoms with Crippen molar-refractivity contribution in [2.75, 3.05) is 23.1 Å². The lowest BCUT2D eigenvalue weighted by molar-refractivity contribution is 0.261. The van der Waals surface area contributed by atoms with Crippen LogP contribution in [0.15, 0.2) is 54.1 Å². The average Bonchev–Trinajstić information content (AvgIpc) is 3.41. The number of carbonyl (C=O) groups is 1. The Hall–Kier alpha value is -1.83. The molecule has 0 bridgehead atoms. The van der Waals surface area contributed by atoms with E-state index in [2.05, 4.69) is 40.1 Å². The van der Waals surface area contributed by atoms with E-state index >= 15 is 0 Å². The first-order chi connectivity index (χ1) is 18.7. The summed E-state index contributed by atoms with van der Waals surface area (Å²) in [5.74, 6) is 1.48. The van der Waals surface area contributed by atoms with E-state index in [0.29, 0.717) is 23.1 Å². The molecule has 0 atom stereocenters. The highest BCUT2D eigenvalue weighted by molar-refractivity contribution is 8.93. The molecule has 0 aromatic heterocycles. The van der Waals surface area contributed by atoms with E-state index in [1.54, 1.807) is 17.8 Å². The molecule has 0 fully saturated rings. The van der Waals surface area contributed by atoms with Gasteiger partial charge in [-0.2, -0.15) is 0 Å². The molecule has 1 aliphatic rings. The van der Waals surface area contributed by atoms with Crippen LogP contribution in [0.4, 0.5) is 16.2 Å². The molecule has 2 aromatic carbocycles. The minimum absolute atomic E-state index is 0. The summed E-state index contributed by atoms with van der Waals surface area (Å²) in [6.45, 7) is 3.66. The van der Waals surface area contributed by atoms with Crippen LogP contribution in [0.3, 0.4) is 0 Å². The van der Waals surface area contributed by atoms with Gasteiger partial charge >= 0.3 is 6.03 Å². The number of thioether (sulfide) groups is 1. The zero-order chi connectivity index (χ0) is 26.8. The van der Waals surface area contributed by atoms with Gasteiger partial charge in [-0.25, -0.2) is 4.79 Å². The number of urea groups is 1. The predicted octanol–water partition coefficient (Wildman–Crippen LogP) is 10.6. The molecule has 3 rings (SSSR count). The number of ether oxygens (including phenoxy) is 1. The van der Waals surface area contributed by atoms with Crippen LogP contribution in [0.5, 0.6) is 5.75 Å². The lowest BCUT2D eigenvalue weighted by Gasteiger charge is -2.16. The van der Waals surface area contributed by atoms with Crippen LogP contribution >= 0.6 is 40.3 Å². The molecule has 0 aliphatic carbocycles. The lowest BCUT2D eigenvalue weighted by Crippen LogP contribution is -2.20. The van der Waals surface area contributed by atoms with Gasteiger partial charge in [0.15, 0.2) is 5.75 Å². The molecule has 5 nitrogen and oxygen atoms in total. The summed E-state index contributed by atoms with van der Waals surface area (Å²) in [6.07, 6.45) is 17.7. The second-order valence-corrected chi connectivity index (χ2v) is 11.2. The largest absolute Gasteiger partial charge is 0.490 e. The third-order valence-electron chi connectivity index (χ3n) is 6.64. The molecular weight excluding hydrogens is 594 g/mol. The standard InChI is InChI=1S/C31H44ClN3O2S.BrH/c1-2-3-4-5-6-7-8-9-10-11-12-13-21-37-30-28(32)18-15-19-29(30)34-31(36)33-27-17-14-16-26(23-27)24-35-20-22-38-25-35;/h14-20,22-23H,2-13,21,24-25H2,1H3,(H2,33,34,36);1H. The SMILES string of the molecule is Br.CCCCCCCCCCCCCCOc1c(Cl)cccc1NC(=O)Nc1cccc(CN2C=CSC2)c1. The molecular formula is C31H45BrClN3O2S. The summed E-state index contributed by atoms with van der Waals surface area (Å²) in [5, 5.41) is 8.43. The number of para-hydroxylation sites is 1. The van der Waals surface area contributed by atoms with Crippen molar-refractivity contribution >= 4 is 57.8 Å². The maximum absolute atomic E-state index is 12.7. The average molecular weight is 639 g/mol. The Morgan fingerprint density at radius 1 is 0.923 bits per heavy atom. The van der Waals surface area contributed by atoms with E-state index in [-0.39, 0.29) is 23.0 Å². The van der Waals surface area contributed by atoms with Crippen molar-refractivity contribution in [1.82, 2.24) is 4.90 Å². The number of unbranched alkanes of at least 4 members (excludes halogenated alkanes) is 11. The molecule has 0 spiro atoms. The Labute approximate surface area is 255 Å². The number of halogens is 2. The number of rotatable bonds is 18. The van der Waals surface area contributed by atoms with E-state index in [1.807, 2.05) is 30.3 Å². The number of hydrogen-bond donors (Lipinski definition) is 2. The molecule has 2 aromatic rings. The van der Waals surface area contributed by atoms with Crippen LogP contribution in [0, 0.1) is 0 Å². The van der Waals surface area contributed by atoms with E-state index in [0.717, 1.165) is 36.5 Å². The van der Waals surface area contributed by atoms with Crippen molar-refractivity contribution in [3.63, 3.8) is 0 Å². The Kier molecular flexibility index (Phi) is 17.2. The number of carbonyl (C=O) groups excluding carboxylic acids is 1. The highest BCUT2D eigenvalue weighted by atomic mass is 79.9. The fourth-order valence-electron chi connectivity index (χ4n) is 4.55. The molecule has 2 amide bonds. The molecule has 39 heavy (non-hydrogen) atoms. The summed E-state index contributed by atoms with van der Waals surface area (Å²) in [5.41, 5.74) is 2.46. The Morgan fingerprint density at radius 3 is 2.26 bits per heavy atom. The topological polar surface area (TPSA) is 53.6 Å². The second-order valence-electron chi connectivity index (χ2n) is 9.96. The van der Waals surface area contributed by atoms with Gasteiger partial charge in [0.2, 0.25) is 0 Å². The highest BCUT2D eigenvalue weighted by Gasteiger charge is 2.12. The van der Waals surface area contributed by atoms with Crippen molar-refractivity contribution < 1.29 is 9.53 Å². The van der Waals surface area contributed by atoms with Gasteiger partial charge in [0.1, 0.15) is 0 Å². The third-order valence-corrected chi connectivity index (χ3v) is 7.73. The van der Waals surface area contributed by atoms with Crippen LogP contribution in [-0.2, 0) is 6.54 Å². The smallest absolute Gasteiger partial charge is 0.323 e. The molecule has 1 aliphatic heterocycles. The van der Waals surface area contributed by atoms with Crippen molar-refractivity contribution in [2.45, 2.75) is 90.5 Å². The van der Waals surface area contributed by atoms with Crippen LogP contribution in [0.25, 0.3) is 0 Å². The highest BCUT2D eigenvalue weighted by Crippen LogP contribution is 2.33. The number of anilines is 2. The molecule has 1 heterocycles. The lowest BCUT2D eigenvalue weighted by atomic mass is 10.1. The monoisotopic (exact) mass is 637 g/mol. The fourth-order valence-corrected chi connectivity index (χ4v) is 5.49. The summed E-state index contributed by atoms with van der Waals surface area (Å²) < 4.78 is 6.02. The minimum atomic E-state index is -0.323. The second kappa shape index (κ2) is 20.1. The van der Waals surface area contributed by atoms with Crippen LogP contribution in [-0.4, -0.2) is 23.4 Å². The van der Waals surface area contributed by atoms with Gasteiger partial charge in [-0.3, -0.25) is 0 Å². The van der Waals surface area contributed by atoms with E-state index in [4.69, 9.17) is 16.3 Å². The van der Waals surface area contributed by atoms with Crippen LogP contribution < -0.4 is 15.4 Å². The summed E-state index contributed by atoms with van der Waals surface area (Å²) >= 11 is 8.19. The Morgan fingerprint density at radius 2 is 1.59 bits per heavy atom. The maximum Gasteiger partial charge on any atom is 0.323 e. The van der Waals surface area contributed by atoms with Gasteiger partial charge in [0, 0.05) is 18.4 Å². The molecule has 0 saturated carbocycles. The number of nitrogens with zero attached hydrogens (tertiary/aromatic N) is 1. The normalized spacial score (nSPS) is 12.3. The molecule has 0 radical (unpaired) electrons. The maximum atomic E-state index is 12.7. The first-order valence-corrected chi connectivity index (χ1v) is 15.7. The van der Waals surface area contributed by atoms with E-state index in [1.165, 1.54) is 64.2 Å². The van der Waals surface area contributed by atoms with E-state index in [9.17, 15) is 4.79 Å². The minimum Gasteiger partial charge on any atom is -0.490 e. The number of benzene rings is 2. The zero-order valence-electron chi connectivity index (χ0n) is 23.3. The van der Waals surface area contributed by atoms with Gasteiger partial charge < -0.3 is 20.3 Å². The van der Waals surface area contributed by atoms with Gasteiger partial charge in [-0.05, 0) is 41.7 Å². The summed E-state index contributed by atoms with van der Waals surface area (Å²) in [4.78, 5) is 15.0. The molecule has 8 heteroatoms. The number of nitrogens with one attached hydrogen (secondary N) is 2. The van der Waals surface area contributed by atoms with Gasteiger partial charge in [-0.1, -0.05) is 107 Å². The zero-order valence-corrected chi connectivity index (χ0v) is 26.5. The third kappa shape index (κ3) is 13.4. The van der Waals surface area contributed by atoms with Gasteiger partial charge in [0.05, 0.1) is 23.2 Å². The van der Waals surface area contributed by atoms with Gasteiger partial charge in [-0.15, -0.1) is 28.7 Å². The number of amides is 2. The van der Waals surface area contributed by atoms with Crippen molar-refractivity contribution in [3.8, 4) is 5.75 Å². The summed E-state index contributed by atoms with van der Waals surface area (Å²) in [7, 11) is 0. The predicted molar refractivity (Wildman–Crippen MR) is 175 cm³/mol. The molecule has 216 valence electrons. The van der Waals surface area contributed by atoms with Crippen molar-refractivity contribution in [1.29, 1.82) is 0 Å². The first kappa shape index (κ1) is 33.4. The first-order valence-electron chi connectivity index (χ1n) is 14.3. The Bertz CT molecular complexity index is 1010. The fraction of sp³-hybridized carbons (Fsp3) is 0.516. The molecule has 0 saturated heterocycles. The van der Waals surface area contributed by atoms with Crippen LogP contribution in [0.1, 0.15) is 89.5 Å². The molecule has 0 unspecified atom stereocenters. The van der Waals surface area contributed by atoms with Crippen LogP contribution in [0.2, 0.25) is 5.02 Å². The molecule has 2 N–H and O–H groups in total. The van der Waals surface area contributed by atoms with Gasteiger partial charge in [0.25, 0.3) is 0 Å². The Balaban J connectivity index is 0.00000533. The summed E-state index contributed by atoms with van der Waals surface area (Å²) in [6, 6.07) is 13.0. The quantitative estimate of drug-likeness (QED) is 0.160. The van der Waals surface area contributed by atoms with Crippen molar-refractivity contribution in [2.24, 2.45) is 0 Å².